The van der Waals surface area contributed by atoms with Gasteiger partial charge in [0.25, 0.3) is 0 Å². The van der Waals surface area contributed by atoms with Crippen LogP contribution < -0.4 is 5.73 Å². The number of carbonyl (C=O) groups excluding carboxylic acids is 1. The minimum Gasteiger partial charge on any atom is -0.457 e. The third-order valence-electron chi connectivity index (χ3n) is 1.86. The highest BCUT2D eigenvalue weighted by Gasteiger charge is 1.98. The minimum atomic E-state index is -0.481. The van der Waals surface area contributed by atoms with Crippen molar-refractivity contribution in [1.82, 2.24) is 0 Å². The van der Waals surface area contributed by atoms with Crippen molar-refractivity contribution >= 4 is 23.0 Å². The zero-order valence-corrected chi connectivity index (χ0v) is 7.44. The molecular weight excluding hydrogens is 178 g/mol. The highest BCUT2D eigenvalue weighted by atomic mass is 16.3. The molecule has 0 saturated carbocycles. The van der Waals surface area contributed by atoms with Crippen molar-refractivity contribution in [3.63, 3.8) is 0 Å². The van der Waals surface area contributed by atoms with E-state index in [0.717, 1.165) is 11.0 Å². The van der Waals surface area contributed by atoms with Gasteiger partial charge in [-0.15, -0.1) is 0 Å². The van der Waals surface area contributed by atoms with Crippen LogP contribution in [-0.4, -0.2) is 5.91 Å². The second-order valence-corrected chi connectivity index (χ2v) is 2.92. The normalized spacial score (nSPS) is 11.1. The topological polar surface area (TPSA) is 56.2 Å². The second kappa shape index (κ2) is 3.38. The molecule has 1 aromatic heterocycles. The molecule has 0 saturated heterocycles. The molecule has 70 valence electrons. The lowest BCUT2D eigenvalue weighted by Gasteiger charge is -1.83. The van der Waals surface area contributed by atoms with Crippen molar-refractivity contribution in [2.75, 3.05) is 0 Å². The van der Waals surface area contributed by atoms with Gasteiger partial charge in [-0.05, 0) is 18.2 Å². The van der Waals surface area contributed by atoms with Crippen LogP contribution in [0, 0.1) is 0 Å². The van der Waals surface area contributed by atoms with Gasteiger partial charge in [-0.3, -0.25) is 4.79 Å². The first kappa shape index (κ1) is 8.56. The number of primary amides is 1. The molecule has 2 N–H and O–H groups in total. The Labute approximate surface area is 80.8 Å². The summed E-state index contributed by atoms with van der Waals surface area (Å²) < 4.78 is 5.42. The van der Waals surface area contributed by atoms with E-state index in [-0.39, 0.29) is 0 Å². The first-order valence-corrected chi connectivity index (χ1v) is 4.22. The van der Waals surface area contributed by atoms with Gasteiger partial charge >= 0.3 is 0 Å². The molecule has 0 aliphatic carbocycles. The van der Waals surface area contributed by atoms with Crippen LogP contribution in [0.3, 0.4) is 0 Å². The maximum Gasteiger partial charge on any atom is 0.241 e. The Morgan fingerprint density at radius 2 is 2.14 bits per heavy atom. The van der Waals surface area contributed by atoms with Crippen LogP contribution in [0.5, 0.6) is 0 Å². The van der Waals surface area contributed by atoms with E-state index in [0.29, 0.717) is 5.76 Å². The Balaban J connectivity index is 2.40. The molecule has 14 heavy (non-hydrogen) atoms. The van der Waals surface area contributed by atoms with E-state index >= 15 is 0 Å². The number of nitrogens with two attached hydrogens (primary N) is 1. The first-order chi connectivity index (χ1) is 6.75. The quantitative estimate of drug-likeness (QED) is 0.730. The lowest BCUT2D eigenvalue weighted by atomic mass is 10.2. The average Bonchev–Trinajstić information content (AvgIpc) is 2.57. The number of amides is 1. The standard InChI is InChI=1S/C11H9NO2/c12-11(13)6-5-9-7-8-3-1-2-4-10(8)14-9/h1-7H,(H2,12,13). The molecule has 2 aromatic rings. The molecule has 0 aliphatic heterocycles. The Bertz CT molecular complexity index is 464. The predicted molar refractivity (Wildman–Crippen MR) is 54.4 cm³/mol. The summed E-state index contributed by atoms with van der Waals surface area (Å²) in [5.74, 6) is 0.149. The molecule has 1 heterocycles. The third-order valence-corrected chi connectivity index (χ3v) is 1.86. The Morgan fingerprint density at radius 3 is 2.86 bits per heavy atom. The van der Waals surface area contributed by atoms with Crippen LogP contribution in [-0.2, 0) is 4.79 Å². The molecular formula is C11H9NO2. The first-order valence-electron chi connectivity index (χ1n) is 4.22. The second-order valence-electron chi connectivity index (χ2n) is 2.92. The molecule has 0 spiro atoms. The molecule has 2 rings (SSSR count). The van der Waals surface area contributed by atoms with E-state index < -0.39 is 5.91 Å². The molecule has 3 heteroatoms. The molecule has 0 unspecified atom stereocenters. The van der Waals surface area contributed by atoms with Gasteiger partial charge in [-0.2, -0.15) is 0 Å². The Morgan fingerprint density at radius 1 is 1.36 bits per heavy atom. The highest BCUT2D eigenvalue weighted by molar-refractivity contribution is 5.90. The van der Waals surface area contributed by atoms with E-state index in [2.05, 4.69) is 0 Å². The summed E-state index contributed by atoms with van der Waals surface area (Å²) in [6.07, 6.45) is 2.83. The zero-order valence-electron chi connectivity index (χ0n) is 7.44. The van der Waals surface area contributed by atoms with Gasteiger partial charge in [0.15, 0.2) is 0 Å². The number of carbonyl (C=O) groups is 1. The van der Waals surface area contributed by atoms with E-state index in [9.17, 15) is 4.79 Å². The number of hydrogen-bond acceptors (Lipinski definition) is 2. The van der Waals surface area contributed by atoms with Crippen LogP contribution in [0.15, 0.2) is 40.8 Å². The van der Waals surface area contributed by atoms with Crippen LogP contribution in [0.1, 0.15) is 5.76 Å². The number of furan rings is 1. The molecule has 0 fully saturated rings. The summed E-state index contributed by atoms with van der Waals surface area (Å²) >= 11 is 0. The van der Waals surface area contributed by atoms with Crippen molar-refractivity contribution in [1.29, 1.82) is 0 Å². The molecule has 0 radical (unpaired) electrons. The molecule has 0 aliphatic rings. The van der Waals surface area contributed by atoms with Crippen LogP contribution in [0.4, 0.5) is 0 Å². The lowest BCUT2D eigenvalue weighted by molar-refractivity contribution is -0.113. The minimum absolute atomic E-state index is 0.481. The summed E-state index contributed by atoms with van der Waals surface area (Å²) in [5.41, 5.74) is 5.77. The Hall–Kier alpha value is -2.03. The SMILES string of the molecule is NC(=O)C=Cc1cc2ccccc2o1. The monoisotopic (exact) mass is 187 g/mol. The van der Waals surface area contributed by atoms with Gasteiger partial charge in [-0.25, -0.2) is 0 Å². The largest absolute Gasteiger partial charge is 0.457 e. The fourth-order valence-electron chi connectivity index (χ4n) is 1.25. The molecule has 1 amide bonds. The molecule has 0 atom stereocenters. The van der Waals surface area contributed by atoms with Crippen LogP contribution >= 0.6 is 0 Å². The number of fused-ring (bicyclic) bond motifs is 1. The number of benzene rings is 1. The number of hydrogen-bond donors (Lipinski definition) is 1. The fourth-order valence-corrected chi connectivity index (χ4v) is 1.25. The predicted octanol–water partition coefficient (Wildman–Crippen LogP) is 1.93. The van der Waals surface area contributed by atoms with E-state index in [1.54, 1.807) is 6.08 Å². The van der Waals surface area contributed by atoms with E-state index in [1.165, 1.54) is 6.08 Å². The molecule has 3 nitrogen and oxygen atoms in total. The highest BCUT2D eigenvalue weighted by Crippen LogP contribution is 2.19. The zero-order chi connectivity index (χ0) is 9.97. The van der Waals surface area contributed by atoms with Gasteiger partial charge in [0, 0.05) is 11.5 Å². The Kier molecular flexibility index (Phi) is 2.07. The summed E-state index contributed by atoms with van der Waals surface area (Å²) in [4.78, 5) is 10.5. The summed E-state index contributed by atoms with van der Waals surface area (Å²) in [5, 5.41) is 1.01. The maximum absolute atomic E-state index is 10.5. The van der Waals surface area contributed by atoms with Crippen LogP contribution in [0.25, 0.3) is 17.0 Å². The van der Waals surface area contributed by atoms with Crippen molar-refractivity contribution in [2.24, 2.45) is 5.73 Å². The summed E-state index contributed by atoms with van der Waals surface area (Å²) in [7, 11) is 0. The van der Waals surface area contributed by atoms with Gasteiger partial charge in [0.05, 0.1) is 0 Å². The van der Waals surface area contributed by atoms with Crippen molar-refractivity contribution < 1.29 is 9.21 Å². The van der Waals surface area contributed by atoms with Crippen LogP contribution in [0.2, 0.25) is 0 Å². The van der Waals surface area contributed by atoms with Gasteiger partial charge in [-0.1, -0.05) is 18.2 Å². The fraction of sp³-hybridized carbons (Fsp3) is 0. The maximum atomic E-state index is 10.5. The van der Waals surface area contributed by atoms with E-state index in [4.69, 9.17) is 10.2 Å². The number of para-hydroxylation sites is 1. The average molecular weight is 187 g/mol. The van der Waals surface area contributed by atoms with Gasteiger partial charge < -0.3 is 10.2 Å². The third kappa shape index (κ3) is 1.66. The van der Waals surface area contributed by atoms with Crippen molar-refractivity contribution in [3.05, 3.63) is 42.2 Å². The smallest absolute Gasteiger partial charge is 0.241 e. The number of rotatable bonds is 2. The van der Waals surface area contributed by atoms with Gasteiger partial charge in [0.2, 0.25) is 5.91 Å². The summed E-state index contributed by atoms with van der Waals surface area (Å²) in [6.45, 7) is 0. The molecule has 1 aromatic carbocycles. The van der Waals surface area contributed by atoms with Crippen molar-refractivity contribution in [2.45, 2.75) is 0 Å². The summed E-state index contributed by atoms with van der Waals surface area (Å²) in [6, 6.07) is 9.50. The van der Waals surface area contributed by atoms with Crippen molar-refractivity contribution in [3.8, 4) is 0 Å². The van der Waals surface area contributed by atoms with Gasteiger partial charge in [0.1, 0.15) is 11.3 Å². The lowest BCUT2D eigenvalue weighted by Crippen LogP contribution is -2.04. The van der Waals surface area contributed by atoms with E-state index in [1.807, 2.05) is 30.3 Å². The molecule has 0 bridgehead atoms.